The van der Waals surface area contributed by atoms with E-state index in [4.69, 9.17) is 9.47 Å². The molecule has 8 rings (SSSR count). The number of imide groups is 1. The average molecular weight is 565 g/mol. The van der Waals surface area contributed by atoms with E-state index in [-0.39, 0.29) is 46.2 Å². The zero-order valence-electron chi connectivity index (χ0n) is 22.1. The number of ketones is 1. The Balaban J connectivity index is 1.01. The summed E-state index contributed by atoms with van der Waals surface area (Å²) >= 11 is 0. The lowest BCUT2D eigenvalue weighted by Gasteiger charge is -2.37. The predicted molar refractivity (Wildman–Crippen MR) is 148 cm³/mol. The Labute approximate surface area is 239 Å². The van der Waals surface area contributed by atoms with Crippen molar-refractivity contribution in [2.24, 2.45) is 35.5 Å². The number of nitro groups is 1. The molecule has 5 aliphatic rings. The molecule has 1 heterocycles. The van der Waals surface area contributed by atoms with E-state index in [1.165, 1.54) is 42.5 Å². The molecule has 10 heteroatoms. The van der Waals surface area contributed by atoms with E-state index in [9.17, 15) is 29.3 Å². The Morgan fingerprint density at radius 1 is 0.833 bits per heavy atom. The molecule has 3 fully saturated rings. The van der Waals surface area contributed by atoms with Crippen molar-refractivity contribution in [1.29, 1.82) is 0 Å². The van der Waals surface area contributed by atoms with Crippen LogP contribution in [0.3, 0.4) is 0 Å². The van der Waals surface area contributed by atoms with Crippen LogP contribution in [0.5, 0.6) is 11.5 Å². The van der Waals surface area contributed by atoms with Crippen molar-refractivity contribution in [2.75, 3.05) is 11.5 Å². The van der Waals surface area contributed by atoms with E-state index in [0.717, 1.165) is 11.3 Å². The number of hydrogen-bond acceptors (Lipinski definition) is 8. The Hall–Kier alpha value is -5.12. The van der Waals surface area contributed by atoms with Crippen molar-refractivity contribution in [1.82, 2.24) is 0 Å². The SMILES string of the molecule is O=C(COC(=O)c1ccccc1N1C(=O)[C@@H]2[C@H]3C=C[C@H]([C@H]4C[C@H]34)[C@@H]2C1=O)c1ccc(Oc2ccc([N+](=O)[O-])cc2)cc1. The van der Waals surface area contributed by atoms with Gasteiger partial charge in [0.1, 0.15) is 11.5 Å². The summed E-state index contributed by atoms with van der Waals surface area (Å²) in [6, 6.07) is 18.0. The molecule has 0 radical (unpaired) electrons. The van der Waals surface area contributed by atoms with Crippen LogP contribution < -0.4 is 9.64 Å². The van der Waals surface area contributed by atoms with Gasteiger partial charge in [-0.25, -0.2) is 9.69 Å². The first kappa shape index (κ1) is 25.8. The maximum atomic E-state index is 13.5. The number of esters is 1. The quantitative estimate of drug-likeness (QED) is 0.0934. The number of nitro benzene ring substituents is 1. The number of hydrogen-bond donors (Lipinski definition) is 0. The number of allylic oxidation sites excluding steroid dienone is 2. The van der Waals surface area contributed by atoms with Crippen molar-refractivity contribution in [3.8, 4) is 11.5 Å². The van der Waals surface area contributed by atoms with Crippen LogP contribution in [0.4, 0.5) is 11.4 Å². The molecule has 6 atom stereocenters. The third-order valence-electron chi connectivity index (χ3n) is 8.82. The molecule has 210 valence electrons. The second-order valence-corrected chi connectivity index (χ2v) is 11.1. The first-order valence-corrected chi connectivity index (χ1v) is 13.7. The van der Waals surface area contributed by atoms with Gasteiger partial charge in [-0.3, -0.25) is 24.5 Å². The molecule has 0 spiro atoms. The maximum absolute atomic E-state index is 13.5. The lowest BCUT2D eigenvalue weighted by atomic mass is 9.63. The molecule has 2 bridgehead atoms. The minimum absolute atomic E-state index is 0.0444. The molecule has 10 nitrogen and oxygen atoms in total. The highest BCUT2D eigenvalue weighted by Gasteiger charge is 2.67. The molecule has 42 heavy (non-hydrogen) atoms. The molecule has 1 saturated heterocycles. The summed E-state index contributed by atoms with van der Waals surface area (Å²) < 4.78 is 11.0. The van der Waals surface area contributed by atoms with Crippen LogP contribution in [-0.4, -0.2) is 35.1 Å². The minimum atomic E-state index is -0.809. The third kappa shape index (κ3) is 4.18. The monoisotopic (exact) mass is 564 g/mol. The summed E-state index contributed by atoms with van der Waals surface area (Å²) in [7, 11) is 0. The molecule has 2 saturated carbocycles. The Morgan fingerprint density at radius 2 is 1.40 bits per heavy atom. The van der Waals surface area contributed by atoms with E-state index in [1.54, 1.807) is 30.3 Å². The lowest BCUT2D eigenvalue weighted by Crippen LogP contribution is -2.40. The number of carbonyl (C=O) groups excluding carboxylic acids is 4. The van der Waals surface area contributed by atoms with Crippen molar-refractivity contribution < 1.29 is 33.6 Å². The molecule has 3 aromatic carbocycles. The number of carbonyl (C=O) groups is 4. The molecular weight excluding hydrogens is 540 g/mol. The van der Waals surface area contributed by atoms with Crippen LogP contribution in [-0.2, 0) is 14.3 Å². The van der Waals surface area contributed by atoms with E-state index in [2.05, 4.69) is 12.2 Å². The molecule has 1 aliphatic heterocycles. The van der Waals surface area contributed by atoms with Crippen LogP contribution in [0.1, 0.15) is 27.1 Å². The summed E-state index contributed by atoms with van der Waals surface area (Å²) in [5.41, 5.74) is 0.448. The van der Waals surface area contributed by atoms with Gasteiger partial charge in [0.25, 0.3) is 5.69 Å². The molecular formula is C32H24N2O8. The number of rotatable bonds is 8. The smallest absolute Gasteiger partial charge is 0.340 e. The Bertz CT molecular complexity index is 1640. The van der Waals surface area contributed by atoms with Crippen molar-refractivity contribution in [2.45, 2.75) is 6.42 Å². The largest absolute Gasteiger partial charge is 0.457 e. The number of non-ortho nitro benzene ring substituents is 1. The normalized spacial score (nSPS) is 26.4. The van der Waals surface area contributed by atoms with Gasteiger partial charge in [0, 0.05) is 17.7 Å². The number of amides is 2. The minimum Gasteiger partial charge on any atom is -0.457 e. The topological polar surface area (TPSA) is 133 Å². The van der Waals surface area contributed by atoms with Crippen LogP contribution >= 0.6 is 0 Å². The summed E-state index contributed by atoms with van der Waals surface area (Å²) in [6.45, 7) is -0.541. The molecule has 2 amide bonds. The number of Topliss-reactive ketones (excluding diaryl/α,β-unsaturated/α-hetero) is 1. The van der Waals surface area contributed by atoms with Crippen LogP contribution in [0, 0.1) is 45.6 Å². The number of benzene rings is 3. The molecule has 0 unspecified atom stereocenters. The first-order chi connectivity index (χ1) is 20.3. The summed E-state index contributed by atoms with van der Waals surface area (Å²) in [5.74, 6) is -0.745. The van der Waals surface area contributed by atoms with Gasteiger partial charge in [-0.2, -0.15) is 0 Å². The Morgan fingerprint density at radius 3 is 2.00 bits per heavy atom. The maximum Gasteiger partial charge on any atom is 0.340 e. The summed E-state index contributed by atoms with van der Waals surface area (Å²) in [5, 5.41) is 10.8. The van der Waals surface area contributed by atoms with Gasteiger partial charge in [0.2, 0.25) is 11.8 Å². The van der Waals surface area contributed by atoms with Gasteiger partial charge in [-0.05, 0) is 78.6 Å². The highest BCUT2D eigenvalue weighted by molar-refractivity contribution is 6.24. The van der Waals surface area contributed by atoms with Gasteiger partial charge in [0.15, 0.2) is 12.4 Å². The van der Waals surface area contributed by atoms with Gasteiger partial charge in [0.05, 0.1) is 28.0 Å². The molecule has 0 aromatic heterocycles. The molecule has 0 N–H and O–H groups in total. The predicted octanol–water partition coefficient (Wildman–Crippen LogP) is 4.98. The number of para-hydroxylation sites is 1. The highest BCUT2D eigenvalue weighted by Crippen LogP contribution is 2.65. The zero-order chi connectivity index (χ0) is 29.1. The first-order valence-electron chi connectivity index (χ1n) is 13.7. The number of nitrogens with zero attached hydrogens (tertiary/aromatic N) is 2. The third-order valence-corrected chi connectivity index (χ3v) is 8.82. The van der Waals surface area contributed by atoms with Crippen molar-refractivity contribution in [3.05, 3.63) is 106 Å². The zero-order valence-corrected chi connectivity index (χ0v) is 22.1. The second-order valence-electron chi connectivity index (χ2n) is 11.1. The van der Waals surface area contributed by atoms with Crippen LogP contribution in [0.15, 0.2) is 84.9 Å². The summed E-state index contributed by atoms with van der Waals surface area (Å²) in [4.78, 5) is 64.4. The Kier molecular flexibility index (Phi) is 6.00. The number of anilines is 1. The standard InChI is InChI=1S/C32H24N2O8/c35-27(17-5-9-19(10-6-17)42-20-11-7-18(8-12-20)34(39)40)16-41-32(38)23-3-1-2-4-26(23)33-30(36)28-21-13-14-22(25-15-24(21)25)29(28)31(33)37/h1-14,21-22,24-25,28-29H,15-16H2/t21-,22+,24-,25-,28+,29-/m1/s1. The van der Waals surface area contributed by atoms with E-state index in [1.807, 2.05) is 0 Å². The molecule has 3 aromatic rings. The average Bonchev–Trinajstić information content (AvgIpc) is 3.79. The van der Waals surface area contributed by atoms with E-state index in [0.29, 0.717) is 23.3 Å². The van der Waals surface area contributed by atoms with Crippen LogP contribution in [0.25, 0.3) is 0 Å². The van der Waals surface area contributed by atoms with Crippen LogP contribution in [0.2, 0.25) is 0 Å². The van der Waals surface area contributed by atoms with E-state index < -0.39 is 35.1 Å². The van der Waals surface area contributed by atoms with Crippen molar-refractivity contribution >= 4 is 34.9 Å². The lowest BCUT2D eigenvalue weighted by molar-refractivity contribution is -0.384. The number of ether oxygens (including phenoxy) is 2. The second kappa shape index (κ2) is 9.76. The van der Waals surface area contributed by atoms with E-state index >= 15 is 0 Å². The fourth-order valence-corrected chi connectivity index (χ4v) is 6.81. The fourth-order valence-electron chi connectivity index (χ4n) is 6.81. The molecule has 4 aliphatic carbocycles. The van der Waals surface area contributed by atoms with Gasteiger partial charge >= 0.3 is 5.97 Å². The van der Waals surface area contributed by atoms with Gasteiger partial charge in [-0.15, -0.1) is 0 Å². The van der Waals surface area contributed by atoms with Gasteiger partial charge in [-0.1, -0.05) is 24.3 Å². The summed E-state index contributed by atoms with van der Waals surface area (Å²) in [6.07, 6.45) is 5.24. The fraction of sp³-hybridized carbons (Fsp3) is 0.250. The highest BCUT2D eigenvalue weighted by atomic mass is 16.6. The van der Waals surface area contributed by atoms with Gasteiger partial charge < -0.3 is 9.47 Å². The van der Waals surface area contributed by atoms with Crippen molar-refractivity contribution in [3.63, 3.8) is 0 Å².